The van der Waals surface area contributed by atoms with Crippen molar-refractivity contribution in [3.63, 3.8) is 0 Å². The second-order valence-corrected chi connectivity index (χ2v) is 7.05. The van der Waals surface area contributed by atoms with Crippen LogP contribution < -0.4 is 19.5 Å². The summed E-state index contributed by atoms with van der Waals surface area (Å²) in [5, 5.41) is 3.14. The molecule has 0 bridgehead atoms. The number of carbonyl (C=O) groups is 2. The zero-order chi connectivity index (χ0) is 22.9. The van der Waals surface area contributed by atoms with Crippen LogP contribution in [0.5, 0.6) is 17.2 Å². The average molecular weight is 456 g/mol. The SMILES string of the molecule is COc1ccc(Cl)cc1NC(=O)COc1ccc(C(=O)OCc2ccccc2)cc1OC. The molecule has 0 saturated carbocycles. The number of rotatable bonds is 9. The molecule has 1 N–H and O–H groups in total. The highest BCUT2D eigenvalue weighted by Crippen LogP contribution is 2.30. The molecule has 166 valence electrons. The first kappa shape index (κ1) is 23.0. The third-order valence-electron chi connectivity index (χ3n) is 4.41. The van der Waals surface area contributed by atoms with Gasteiger partial charge in [-0.1, -0.05) is 41.9 Å². The van der Waals surface area contributed by atoms with Crippen molar-refractivity contribution in [2.75, 3.05) is 26.1 Å². The van der Waals surface area contributed by atoms with Crippen LogP contribution in [0.3, 0.4) is 0 Å². The normalized spacial score (nSPS) is 10.2. The van der Waals surface area contributed by atoms with E-state index in [-0.39, 0.29) is 13.2 Å². The Morgan fingerprint density at radius 1 is 0.875 bits per heavy atom. The van der Waals surface area contributed by atoms with Crippen molar-refractivity contribution >= 4 is 29.2 Å². The molecule has 0 aliphatic carbocycles. The summed E-state index contributed by atoms with van der Waals surface area (Å²) in [5.74, 6) is 0.162. The lowest BCUT2D eigenvalue weighted by molar-refractivity contribution is -0.118. The molecule has 8 heteroatoms. The quantitative estimate of drug-likeness (QED) is 0.469. The van der Waals surface area contributed by atoms with E-state index >= 15 is 0 Å². The average Bonchev–Trinajstić information content (AvgIpc) is 2.82. The molecule has 0 spiro atoms. The van der Waals surface area contributed by atoms with E-state index in [0.717, 1.165) is 5.56 Å². The number of methoxy groups -OCH3 is 2. The predicted octanol–water partition coefficient (Wildman–Crippen LogP) is 4.73. The number of halogens is 1. The van der Waals surface area contributed by atoms with Gasteiger partial charge in [-0.25, -0.2) is 4.79 Å². The Hall–Kier alpha value is -3.71. The largest absolute Gasteiger partial charge is 0.495 e. The van der Waals surface area contributed by atoms with Gasteiger partial charge >= 0.3 is 5.97 Å². The van der Waals surface area contributed by atoms with Gasteiger partial charge in [-0.3, -0.25) is 4.79 Å². The molecule has 32 heavy (non-hydrogen) atoms. The second-order valence-electron chi connectivity index (χ2n) is 6.61. The third kappa shape index (κ3) is 6.15. The van der Waals surface area contributed by atoms with Crippen LogP contribution in [0.4, 0.5) is 5.69 Å². The molecular formula is C24H22ClNO6. The highest BCUT2D eigenvalue weighted by molar-refractivity contribution is 6.31. The Labute approximate surface area is 190 Å². The zero-order valence-electron chi connectivity index (χ0n) is 17.6. The molecule has 0 heterocycles. The summed E-state index contributed by atoms with van der Waals surface area (Å²) in [4.78, 5) is 24.7. The molecule has 1 amide bonds. The molecule has 0 aliphatic heterocycles. The van der Waals surface area contributed by atoms with Gasteiger partial charge in [-0.15, -0.1) is 0 Å². The number of hydrogen-bond acceptors (Lipinski definition) is 6. The van der Waals surface area contributed by atoms with Crippen molar-refractivity contribution < 1.29 is 28.5 Å². The molecule has 0 atom stereocenters. The minimum absolute atomic E-state index is 0.160. The van der Waals surface area contributed by atoms with E-state index in [9.17, 15) is 9.59 Å². The highest BCUT2D eigenvalue weighted by atomic mass is 35.5. The van der Waals surface area contributed by atoms with Crippen molar-refractivity contribution in [3.8, 4) is 17.2 Å². The molecule has 0 aliphatic rings. The number of ether oxygens (including phenoxy) is 4. The summed E-state index contributed by atoms with van der Waals surface area (Å²) in [7, 11) is 2.94. The smallest absolute Gasteiger partial charge is 0.338 e. The van der Waals surface area contributed by atoms with Crippen molar-refractivity contribution in [1.29, 1.82) is 0 Å². The predicted molar refractivity (Wildman–Crippen MR) is 121 cm³/mol. The Balaban J connectivity index is 1.60. The molecule has 0 saturated heterocycles. The van der Waals surface area contributed by atoms with E-state index in [2.05, 4.69) is 5.32 Å². The number of esters is 1. The number of nitrogens with one attached hydrogen (secondary N) is 1. The van der Waals surface area contributed by atoms with Crippen LogP contribution in [0, 0.1) is 0 Å². The van der Waals surface area contributed by atoms with Crippen LogP contribution >= 0.6 is 11.6 Å². The van der Waals surface area contributed by atoms with Gasteiger partial charge in [-0.2, -0.15) is 0 Å². The second kappa shape index (κ2) is 11.1. The van der Waals surface area contributed by atoms with Gasteiger partial charge in [0.15, 0.2) is 18.1 Å². The Kier molecular flexibility index (Phi) is 7.94. The summed E-state index contributed by atoms with van der Waals surface area (Å²) < 4.78 is 21.4. The molecule has 0 aromatic heterocycles. The molecule has 3 aromatic rings. The maximum atomic E-state index is 12.3. The molecule has 3 aromatic carbocycles. The van der Waals surface area contributed by atoms with Crippen molar-refractivity contribution in [3.05, 3.63) is 82.9 Å². The fourth-order valence-corrected chi connectivity index (χ4v) is 3.00. The van der Waals surface area contributed by atoms with E-state index in [1.165, 1.54) is 20.3 Å². The maximum absolute atomic E-state index is 12.3. The lowest BCUT2D eigenvalue weighted by Gasteiger charge is -2.13. The first-order valence-electron chi connectivity index (χ1n) is 9.65. The molecule has 0 unspecified atom stereocenters. The third-order valence-corrected chi connectivity index (χ3v) is 4.64. The fraction of sp³-hybridized carbons (Fsp3) is 0.167. The minimum Gasteiger partial charge on any atom is -0.495 e. The zero-order valence-corrected chi connectivity index (χ0v) is 18.3. The van der Waals surface area contributed by atoms with Gasteiger partial charge in [-0.05, 0) is 42.0 Å². The van der Waals surface area contributed by atoms with Crippen LogP contribution in [0.25, 0.3) is 0 Å². The lowest BCUT2D eigenvalue weighted by Crippen LogP contribution is -2.20. The van der Waals surface area contributed by atoms with Gasteiger partial charge in [0.1, 0.15) is 12.4 Å². The first-order chi connectivity index (χ1) is 15.5. The number of carbonyl (C=O) groups excluding carboxylic acids is 2. The van der Waals surface area contributed by atoms with Gasteiger partial charge in [0.25, 0.3) is 5.91 Å². The van der Waals surface area contributed by atoms with Crippen LogP contribution in [-0.2, 0) is 16.1 Å². The van der Waals surface area contributed by atoms with Crippen LogP contribution in [0.2, 0.25) is 5.02 Å². The van der Waals surface area contributed by atoms with E-state index < -0.39 is 11.9 Å². The van der Waals surface area contributed by atoms with E-state index in [4.69, 9.17) is 30.5 Å². The maximum Gasteiger partial charge on any atom is 0.338 e. The van der Waals surface area contributed by atoms with Crippen molar-refractivity contribution in [2.24, 2.45) is 0 Å². The van der Waals surface area contributed by atoms with Crippen molar-refractivity contribution in [1.82, 2.24) is 0 Å². The van der Waals surface area contributed by atoms with Crippen molar-refractivity contribution in [2.45, 2.75) is 6.61 Å². The number of amides is 1. The number of hydrogen-bond donors (Lipinski definition) is 1. The monoisotopic (exact) mass is 455 g/mol. The Morgan fingerprint density at radius 3 is 2.31 bits per heavy atom. The highest BCUT2D eigenvalue weighted by Gasteiger charge is 2.15. The standard InChI is InChI=1S/C24H22ClNO6/c1-29-20-11-9-18(25)13-19(20)26-23(27)15-31-21-10-8-17(12-22(21)30-2)24(28)32-14-16-6-4-3-5-7-16/h3-13H,14-15H2,1-2H3,(H,26,27). The van der Waals surface area contributed by atoms with Gasteiger partial charge in [0.05, 0.1) is 25.5 Å². The van der Waals surface area contributed by atoms with E-state index in [0.29, 0.717) is 33.5 Å². The van der Waals surface area contributed by atoms with E-state index in [1.54, 1.807) is 30.3 Å². The topological polar surface area (TPSA) is 83.1 Å². The summed E-state index contributed by atoms with van der Waals surface area (Å²) in [6.45, 7) is -0.128. The molecule has 0 radical (unpaired) electrons. The van der Waals surface area contributed by atoms with Gasteiger partial charge < -0.3 is 24.3 Å². The molecule has 0 fully saturated rings. The number of benzene rings is 3. The van der Waals surface area contributed by atoms with Crippen LogP contribution in [0.15, 0.2) is 66.7 Å². The van der Waals surface area contributed by atoms with E-state index in [1.807, 2.05) is 30.3 Å². The lowest BCUT2D eigenvalue weighted by atomic mass is 10.2. The Morgan fingerprint density at radius 2 is 1.59 bits per heavy atom. The van der Waals surface area contributed by atoms with Crippen LogP contribution in [-0.4, -0.2) is 32.7 Å². The minimum atomic E-state index is -0.496. The van der Waals surface area contributed by atoms with Gasteiger partial charge in [0, 0.05) is 5.02 Å². The Bertz CT molecular complexity index is 1090. The summed E-state index contributed by atoms with van der Waals surface area (Å²) >= 11 is 5.97. The van der Waals surface area contributed by atoms with Gasteiger partial charge in [0.2, 0.25) is 0 Å². The molecule has 7 nitrogen and oxygen atoms in total. The number of anilines is 1. The first-order valence-corrected chi connectivity index (χ1v) is 10.0. The fourth-order valence-electron chi connectivity index (χ4n) is 2.83. The summed E-state index contributed by atoms with van der Waals surface area (Å²) in [6.07, 6.45) is 0. The summed E-state index contributed by atoms with van der Waals surface area (Å²) in [5.41, 5.74) is 1.62. The van der Waals surface area contributed by atoms with Crippen LogP contribution in [0.1, 0.15) is 15.9 Å². The summed E-state index contributed by atoms with van der Waals surface area (Å²) in [6, 6.07) is 18.9. The molecular weight excluding hydrogens is 434 g/mol. The molecule has 3 rings (SSSR count).